The highest BCUT2D eigenvalue weighted by molar-refractivity contribution is 5.91. The van der Waals surface area contributed by atoms with Gasteiger partial charge in [0, 0.05) is 16.7 Å². The van der Waals surface area contributed by atoms with Crippen LogP contribution in [0.25, 0.3) is 22.7 Å². The van der Waals surface area contributed by atoms with E-state index in [-0.39, 0.29) is 5.56 Å². The van der Waals surface area contributed by atoms with E-state index in [0.717, 1.165) is 5.56 Å². The summed E-state index contributed by atoms with van der Waals surface area (Å²) in [6.07, 6.45) is -1.52. The van der Waals surface area contributed by atoms with Crippen LogP contribution >= 0.6 is 0 Å². The molecule has 0 radical (unpaired) electrons. The van der Waals surface area contributed by atoms with Crippen LogP contribution in [0, 0.1) is 12.7 Å². The van der Waals surface area contributed by atoms with Crippen molar-refractivity contribution in [3.63, 3.8) is 0 Å². The topological polar surface area (TPSA) is 119 Å². The Morgan fingerprint density at radius 2 is 1.90 bits per heavy atom. The second-order valence-corrected chi connectivity index (χ2v) is 6.48. The Bertz CT molecular complexity index is 1160. The lowest BCUT2D eigenvalue weighted by Crippen LogP contribution is -2.17. The number of carbonyl (C=O) groups excluding carboxylic acids is 1. The first-order chi connectivity index (χ1) is 14.5. The Morgan fingerprint density at radius 3 is 2.60 bits per heavy atom. The predicted octanol–water partition coefficient (Wildman–Crippen LogP) is 4.28. The van der Waals surface area contributed by atoms with Gasteiger partial charge in [0.1, 0.15) is 23.3 Å². The Hall–Kier alpha value is -4.08. The molecule has 1 atom stereocenters. The number of tetrazole rings is 1. The van der Waals surface area contributed by atoms with Crippen molar-refractivity contribution in [2.24, 2.45) is 0 Å². The molecule has 4 aromatic rings. The molecule has 2 aromatic heterocycles. The zero-order valence-corrected chi connectivity index (χ0v) is 16.1. The van der Waals surface area contributed by atoms with Crippen molar-refractivity contribution in [1.29, 1.82) is 0 Å². The lowest BCUT2D eigenvalue weighted by Gasteiger charge is -2.15. The maximum Gasteiger partial charge on any atom is 0.412 e. The number of halogens is 1. The number of aromatic nitrogens is 5. The van der Waals surface area contributed by atoms with Crippen molar-refractivity contribution in [1.82, 2.24) is 25.8 Å². The van der Waals surface area contributed by atoms with Gasteiger partial charge in [0.05, 0.1) is 0 Å². The van der Waals surface area contributed by atoms with Gasteiger partial charge < -0.3 is 9.26 Å². The molecule has 2 heterocycles. The number of hydrogen-bond donors (Lipinski definition) is 2. The SMILES string of the molecule is Cc1noc(-c2ccc(-c3nn[nH]n3)cc2)c1NC(=O)O[C@H](C)c1ccccc1F. The Kier molecular flexibility index (Phi) is 5.21. The number of amides is 1. The monoisotopic (exact) mass is 408 g/mol. The molecule has 152 valence electrons. The highest BCUT2D eigenvalue weighted by atomic mass is 19.1. The fourth-order valence-corrected chi connectivity index (χ4v) is 2.93. The number of rotatable bonds is 5. The molecule has 1 amide bonds. The van der Waals surface area contributed by atoms with Crippen molar-refractivity contribution in [2.75, 3.05) is 5.32 Å². The third-order valence-corrected chi connectivity index (χ3v) is 4.47. The number of aryl methyl sites for hydroxylation is 1. The van der Waals surface area contributed by atoms with Gasteiger partial charge in [0.15, 0.2) is 5.76 Å². The highest BCUT2D eigenvalue weighted by Crippen LogP contribution is 2.32. The fourth-order valence-electron chi connectivity index (χ4n) is 2.93. The molecule has 2 aromatic carbocycles. The molecule has 2 N–H and O–H groups in total. The van der Waals surface area contributed by atoms with Gasteiger partial charge in [-0.3, -0.25) is 5.32 Å². The van der Waals surface area contributed by atoms with Crippen LogP contribution < -0.4 is 5.32 Å². The zero-order valence-electron chi connectivity index (χ0n) is 16.1. The number of aromatic amines is 1. The minimum Gasteiger partial charge on any atom is -0.441 e. The summed E-state index contributed by atoms with van der Waals surface area (Å²) >= 11 is 0. The van der Waals surface area contributed by atoms with E-state index in [1.165, 1.54) is 6.07 Å². The van der Waals surface area contributed by atoms with Crippen molar-refractivity contribution in [3.8, 4) is 22.7 Å². The smallest absolute Gasteiger partial charge is 0.412 e. The van der Waals surface area contributed by atoms with Crippen LogP contribution in [0.4, 0.5) is 14.9 Å². The molecule has 4 rings (SSSR count). The van der Waals surface area contributed by atoms with Crippen molar-refractivity contribution >= 4 is 11.8 Å². The van der Waals surface area contributed by atoms with Crippen LogP contribution in [0.5, 0.6) is 0 Å². The molecule has 0 bridgehead atoms. The summed E-state index contributed by atoms with van der Waals surface area (Å²) in [7, 11) is 0. The summed E-state index contributed by atoms with van der Waals surface area (Å²) in [5.74, 6) is 0.378. The van der Waals surface area contributed by atoms with Gasteiger partial charge in [-0.15, -0.1) is 10.2 Å². The summed E-state index contributed by atoms with van der Waals surface area (Å²) < 4.78 is 24.6. The molecule has 0 fully saturated rings. The van der Waals surface area contributed by atoms with Gasteiger partial charge in [0.25, 0.3) is 0 Å². The molecule has 30 heavy (non-hydrogen) atoms. The average Bonchev–Trinajstić information content (AvgIpc) is 3.39. The number of hydrogen-bond acceptors (Lipinski definition) is 7. The largest absolute Gasteiger partial charge is 0.441 e. The maximum absolute atomic E-state index is 13.9. The van der Waals surface area contributed by atoms with E-state index in [9.17, 15) is 9.18 Å². The van der Waals surface area contributed by atoms with Crippen LogP contribution in [0.3, 0.4) is 0 Å². The number of H-pyrrole nitrogens is 1. The zero-order chi connectivity index (χ0) is 21.1. The van der Waals surface area contributed by atoms with Gasteiger partial charge >= 0.3 is 6.09 Å². The molecular weight excluding hydrogens is 391 g/mol. The van der Waals surface area contributed by atoms with Crippen molar-refractivity contribution in [2.45, 2.75) is 20.0 Å². The second kappa shape index (κ2) is 8.11. The van der Waals surface area contributed by atoms with Crippen LogP contribution in [-0.4, -0.2) is 31.9 Å². The summed E-state index contributed by atoms with van der Waals surface area (Å²) in [6, 6.07) is 13.3. The normalized spacial score (nSPS) is 11.8. The van der Waals surface area contributed by atoms with Gasteiger partial charge in [0.2, 0.25) is 5.82 Å². The Labute approximate surface area is 170 Å². The molecule has 10 heteroatoms. The molecular formula is C20H17FN6O3. The summed E-state index contributed by atoms with van der Waals surface area (Å²) in [6.45, 7) is 3.28. The minimum absolute atomic E-state index is 0.284. The first-order valence-electron chi connectivity index (χ1n) is 9.05. The van der Waals surface area contributed by atoms with Crippen LogP contribution in [0.15, 0.2) is 53.1 Å². The Balaban J connectivity index is 1.51. The van der Waals surface area contributed by atoms with Crippen LogP contribution in [0.2, 0.25) is 0 Å². The number of anilines is 1. The maximum atomic E-state index is 13.9. The lowest BCUT2D eigenvalue weighted by molar-refractivity contribution is 0.119. The van der Waals surface area contributed by atoms with E-state index >= 15 is 0 Å². The van der Waals surface area contributed by atoms with Gasteiger partial charge in [-0.2, -0.15) is 5.21 Å². The van der Waals surface area contributed by atoms with Crippen molar-refractivity contribution < 1.29 is 18.4 Å². The van der Waals surface area contributed by atoms with E-state index in [1.54, 1.807) is 56.3 Å². The third-order valence-electron chi connectivity index (χ3n) is 4.47. The average molecular weight is 408 g/mol. The minimum atomic E-state index is -0.774. The number of nitrogens with one attached hydrogen (secondary N) is 2. The summed E-state index contributed by atoms with van der Waals surface area (Å²) in [5.41, 5.74) is 2.57. The summed E-state index contributed by atoms with van der Waals surface area (Å²) in [5, 5.41) is 20.3. The number of carbonyl (C=O) groups is 1. The first kappa shape index (κ1) is 19.2. The van der Waals surface area contributed by atoms with Crippen LogP contribution in [-0.2, 0) is 4.74 Å². The van der Waals surface area contributed by atoms with E-state index in [1.807, 2.05) is 0 Å². The van der Waals surface area contributed by atoms with Gasteiger partial charge in [-0.1, -0.05) is 47.6 Å². The van der Waals surface area contributed by atoms with E-state index in [4.69, 9.17) is 9.26 Å². The molecule has 0 saturated carbocycles. The van der Waals surface area contributed by atoms with E-state index < -0.39 is 18.0 Å². The van der Waals surface area contributed by atoms with E-state index in [2.05, 4.69) is 31.1 Å². The molecule has 0 unspecified atom stereocenters. The van der Waals surface area contributed by atoms with Crippen LogP contribution in [0.1, 0.15) is 24.3 Å². The predicted molar refractivity (Wildman–Crippen MR) is 105 cm³/mol. The van der Waals surface area contributed by atoms with Gasteiger partial charge in [-0.25, -0.2) is 9.18 Å². The third kappa shape index (κ3) is 3.88. The molecule has 9 nitrogen and oxygen atoms in total. The fraction of sp³-hybridized carbons (Fsp3) is 0.150. The van der Waals surface area contributed by atoms with Crippen molar-refractivity contribution in [3.05, 3.63) is 65.6 Å². The summed E-state index contributed by atoms with van der Waals surface area (Å²) in [4.78, 5) is 12.4. The lowest BCUT2D eigenvalue weighted by atomic mass is 10.1. The van der Waals surface area contributed by atoms with Gasteiger partial charge in [-0.05, 0) is 25.1 Å². The number of ether oxygens (including phenoxy) is 1. The molecule has 0 spiro atoms. The Morgan fingerprint density at radius 1 is 1.17 bits per heavy atom. The number of nitrogens with zero attached hydrogens (tertiary/aromatic N) is 4. The second-order valence-electron chi connectivity index (χ2n) is 6.48. The quantitative estimate of drug-likeness (QED) is 0.506. The molecule has 0 aliphatic heterocycles. The first-order valence-corrected chi connectivity index (χ1v) is 9.05. The standard InChI is InChI=1S/C20H17FN6O3/c1-11-17(22-20(28)29-12(2)15-5-3-4-6-16(15)21)18(30-25-11)13-7-9-14(10-8-13)19-23-26-27-24-19/h3-10,12H,1-2H3,(H,22,28)(H,23,24,26,27)/t12-/m1/s1. The van der Waals surface area contributed by atoms with E-state index in [0.29, 0.717) is 28.5 Å². The number of benzene rings is 2. The highest BCUT2D eigenvalue weighted by Gasteiger charge is 2.21. The molecule has 0 saturated heterocycles. The molecule has 0 aliphatic rings. The molecule has 0 aliphatic carbocycles.